The van der Waals surface area contributed by atoms with Crippen LogP contribution in [0.5, 0.6) is 5.75 Å². The molecule has 0 saturated heterocycles. The predicted octanol–water partition coefficient (Wildman–Crippen LogP) is 1.62. The lowest BCUT2D eigenvalue weighted by Gasteiger charge is -2.09. The minimum atomic E-state index is 0.195. The van der Waals surface area contributed by atoms with E-state index in [1.165, 1.54) is 5.56 Å². The number of thioether (sulfide) groups is 1. The Labute approximate surface area is 113 Å². The Hall–Kier alpha value is -1.15. The molecule has 3 nitrogen and oxygen atoms in total. The third kappa shape index (κ3) is 4.61. The van der Waals surface area contributed by atoms with E-state index in [2.05, 4.69) is 11.8 Å². The van der Waals surface area contributed by atoms with Crippen LogP contribution in [-0.2, 0) is 5.75 Å². The van der Waals surface area contributed by atoms with Crippen molar-refractivity contribution in [2.75, 3.05) is 20.3 Å². The Morgan fingerprint density at radius 3 is 2.89 bits per heavy atom. The molecule has 1 aromatic carbocycles. The Kier molecular flexibility index (Phi) is 6.66. The zero-order chi connectivity index (χ0) is 13.4. The highest BCUT2D eigenvalue weighted by Gasteiger charge is 2.05. The van der Waals surface area contributed by atoms with Crippen LogP contribution in [0.4, 0.5) is 0 Å². The van der Waals surface area contributed by atoms with Crippen LogP contribution in [-0.4, -0.2) is 30.6 Å². The molecule has 0 aliphatic heterocycles. The molecule has 3 N–H and O–H groups in total. The molecular formula is C14H19NO2S. The summed E-state index contributed by atoms with van der Waals surface area (Å²) < 4.78 is 5.25. The highest BCUT2D eigenvalue weighted by Crippen LogP contribution is 2.23. The number of aliphatic hydroxyl groups is 1. The van der Waals surface area contributed by atoms with Gasteiger partial charge in [0.1, 0.15) is 5.75 Å². The summed E-state index contributed by atoms with van der Waals surface area (Å²) >= 11 is 1.71. The quantitative estimate of drug-likeness (QED) is 0.794. The van der Waals surface area contributed by atoms with Crippen molar-refractivity contribution >= 4 is 11.8 Å². The summed E-state index contributed by atoms with van der Waals surface area (Å²) in [4.78, 5) is 0. The van der Waals surface area contributed by atoms with Crippen molar-refractivity contribution in [2.45, 2.75) is 17.9 Å². The normalized spacial score (nSPS) is 11.6. The average Bonchev–Trinajstić information content (AvgIpc) is 2.42. The number of hydrogen-bond acceptors (Lipinski definition) is 4. The van der Waals surface area contributed by atoms with E-state index < -0.39 is 0 Å². The van der Waals surface area contributed by atoms with E-state index in [-0.39, 0.29) is 11.9 Å². The van der Waals surface area contributed by atoms with Crippen LogP contribution in [0, 0.1) is 11.8 Å². The molecule has 0 aliphatic rings. The van der Waals surface area contributed by atoms with Crippen LogP contribution in [0.25, 0.3) is 0 Å². The molecule has 98 valence electrons. The number of rotatable bonds is 5. The van der Waals surface area contributed by atoms with Gasteiger partial charge in [0.2, 0.25) is 0 Å². The van der Waals surface area contributed by atoms with E-state index in [1.54, 1.807) is 18.9 Å². The molecule has 1 rings (SSSR count). The predicted molar refractivity (Wildman–Crippen MR) is 76.8 cm³/mol. The van der Waals surface area contributed by atoms with Crippen LogP contribution in [0.3, 0.4) is 0 Å². The van der Waals surface area contributed by atoms with Crippen LogP contribution in [0.15, 0.2) is 18.2 Å². The SMILES string of the molecule is COc1ccc(CSC(C)CO)cc1C#CCN. The van der Waals surface area contributed by atoms with E-state index in [1.807, 2.05) is 25.1 Å². The van der Waals surface area contributed by atoms with Crippen molar-refractivity contribution in [3.63, 3.8) is 0 Å². The Morgan fingerprint density at radius 2 is 2.28 bits per heavy atom. The van der Waals surface area contributed by atoms with Crippen LogP contribution in [0.2, 0.25) is 0 Å². The minimum absolute atomic E-state index is 0.195. The first-order valence-electron chi connectivity index (χ1n) is 5.79. The molecule has 1 atom stereocenters. The van der Waals surface area contributed by atoms with Gasteiger partial charge in [-0.2, -0.15) is 11.8 Å². The summed E-state index contributed by atoms with van der Waals surface area (Å²) in [5.74, 6) is 7.45. The number of hydrogen-bond donors (Lipinski definition) is 2. The van der Waals surface area contributed by atoms with E-state index >= 15 is 0 Å². The first kappa shape index (κ1) is 14.9. The molecule has 0 saturated carbocycles. The summed E-state index contributed by atoms with van der Waals surface area (Å²) in [5, 5.41) is 9.23. The monoisotopic (exact) mass is 265 g/mol. The molecule has 1 aromatic rings. The summed E-state index contributed by atoms with van der Waals surface area (Å²) in [7, 11) is 1.63. The van der Waals surface area contributed by atoms with Crippen LogP contribution < -0.4 is 10.5 Å². The maximum atomic E-state index is 8.99. The van der Waals surface area contributed by atoms with Gasteiger partial charge in [-0.15, -0.1) is 0 Å². The Bertz CT molecular complexity index is 437. The third-order valence-corrected chi connectivity index (χ3v) is 3.60. The molecule has 1 unspecified atom stereocenters. The fourth-order valence-corrected chi connectivity index (χ4v) is 2.14. The van der Waals surface area contributed by atoms with E-state index in [9.17, 15) is 0 Å². The van der Waals surface area contributed by atoms with Crippen molar-refractivity contribution in [3.8, 4) is 17.6 Å². The second kappa shape index (κ2) is 8.04. The second-order valence-corrected chi connectivity index (χ2v) is 5.27. The van der Waals surface area contributed by atoms with Gasteiger partial charge in [0.05, 0.1) is 25.8 Å². The fraction of sp³-hybridized carbons (Fsp3) is 0.429. The summed E-state index contributed by atoms with van der Waals surface area (Å²) in [5.41, 5.74) is 7.40. The fourth-order valence-electron chi connectivity index (χ4n) is 1.38. The average molecular weight is 265 g/mol. The van der Waals surface area contributed by atoms with Crippen molar-refractivity contribution in [1.29, 1.82) is 0 Å². The maximum absolute atomic E-state index is 8.99. The molecule has 0 aliphatic carbocycles. The molecule has 0 fully saturated rings. The molecule has 0 bridgehead atoms. The van der Waals surface area contributed by atoms with Crippen molar-refractivity contribution < 1.29 is 9.84 Å². The maximum Gasteiger partial charge on any atom is 0.134 e. The highest BCUT2D eigenvalue weighted by atomic mass is 32.2. The Morgan fingerprint density at radius 1 is 1.50 bits per heavy atom. The lowest BCUT2D eigenvalue weighted by atomic mass is 10.1. The third-order valence-electron chi connectivity index (χ3n) is 2.38. The largest absolute Gasteiger partial charge is 0.495 e. The van der Waals surface area contributed by atoms with Crippen LogP contribution in [0.1, 0.15) is 18.1 Å². The number of ether oxygens (including phenoxy) is 1. The number of nitrogens with two attached hydrogens (primary N) is 1. The first-order chi connectivity index (χ1) is 8.71. The van der Waals surface area contributed by atoms with Gasteiger partial charge >= 0.3 is 0 Å². The number of methoxy groups -OCH3 is 1. The highest BCUT2D eigenvalue weighted by molar-refractivity contribution is 7.99. The van der Waals surface area contributed by atoms with Gasteiger partial charge in [-0.05, 0) is 17.7 Å². The number of benzene rings is 1. The number of aliphatic hydroxyl groups excluding tert-OH is 1. The van der Waals surface area contributed by atoms with Gasteiger partial charge in [-0.25, -0.2) is 0 Å². The zero-order valence-electron chi connectivity index (χ0n) is 10.8. The van der Waals surface area contributed by atoms with Crippen molar-refractivity contribution in [1.82, 2.24) is 0 Å². The van der Waals surface area contributed by atoms with Gasteiger partial charge in [-0.3, -0.25) is 0 Å². The summed E-state index contributed by atoms with van der Waals surface area (Å²) in [6, 6.07) is 5.95. The molecule has 0 radical (unpaired) electrons. The molecule has 0 heterocycles. The van der Waals surface area contributed by atoms with Crippen molar-refractivity contribution in [2.24, 2.45) is 5.73 Å². The molecule has 18 heavy (non-hydrogen) atoms. The van der Waals surface area contributed by atoms with Gasteiger partial charge in [0, 0.05) is 11.0 Å². The standard InChI is InChI=1S/C14H19NO2S/c1-11(9-16)18-10-12-5-6-14(17-2)13(8-12)4-3-7-15/h5-6,8,11,16H,7,9-10,15H2,1-2H3. The van der Waals surface area contributed by atoms with Crippen LogP contribution >= 0.6 is 11.8 Å². The lowest BCUT2D eigenvalue weighted by Crippen LogP contribution is -2.02. The summed E-state index contributed by atoms with van der Waals surface area (Å²) in [6.45, 7) is 2.54. The van der Waals surface area contributed by atoms with E-state index in [4.69, 9.17) is 15.6 Å². The Balaban J connectivity index is 2.82. The lowest BCUT2D eigenvalue weighted by molar-refractivity contribution is 0.300. The molecule has 0 amide bonds. The van der Waals surface area contributed by atoms with E-state index in [0.29, 0.717) is 6.54 Å². The summed E-state index contributed by atoms with van der Waals surface area (Å²) in [6.07, 6.45) is 0. The smallest absolute Gasteiger partial charge is 0.134 e. The zero-order valence-corrected chi connectivity index (χ0v) is 11.6. The molecule has 0 aromatic heterocycles. The van der Waals surface area contributed by atoms with E-state index in [0.717, 1.165) is 17.1 Å². The van der Waals surface area contributed by atoms with Gasteiger partial charge in [0.25, 0.3) is 0 Å². The van der Waals surface area contributed by atoms with Crippen molar-refractivity contribution in [3.05, 3.63) is 29.3 Å². The topological polar surface area (TPSA) is 55.5 Å². The second-order valence-electron chi connectivity index (χ2n) is 3.84. The first-order valence-corrected chi connectivity index (χ1v) is 6.84. The molecular weight excluding hydrogens is 246 g/mol. The van der Waals surface area contributed by atoms with Gasteiger partial charge < -0.3 is 15.6 Å². The molecule has 0 spiro atoms. The molecule has 4 heteroatoms. The van der Waals surface area contributed by atoms with Gasteiger partial charge in [-0.1, -0.05) is 24.8 Å². The van der Waals surface area contributed by atoms with Gasteiger partial charge in [0.15, 0.2) is 0 Å². The minimum Gasteiger partial charge on any atom is -0.495 e.